The van der Waals surface area contributed by atoms with Crippen LogP contribution < -0.4 is 5.32 Å². The van der Waals surface area contributed by atoms with Gasteiger partial charge >= 0.3 is 0 Å². The van der Waals surface area contributed by atoms with Crippen LogP contribution in [0.2, 0.25) is 0 Å². The predicted molar refractivity (Wildman–Crippen MR) is 79.2 cm³/mol. The molecule has 3 nitrogen and oxygen atoms in total. The van der Waals surface area contributed by atoms with Crippen molar-refractivity contribution in [3.8, 4) is 0 Å². The fourth-order valence-electron chi connectivity index (χ4n) is 2.87. The van der Waals surface area contributed by atoms with Crippen LogP contribution in [-0.4, -0.2) is 20.7 Å². The highest BCUT2D eigenvalue weighted by Gasteiger charge is 2.27. The minimum absolute atomic E-state index is 0.379. The highest BCUT2D eigenvalue weighted by atomic mass is 32.2. The van der Waals surface area contributed by atoms with E-state index < -0.39 is 9.84 Å². The quantitative estimate of drug-likeness (QED) is 0.922. The van der Waals surface area contributed by atoms with E-state index in [0.717, 1.165) is 18.5 Å². The molecule has 1 aromatic carbocycles. The molecule has 0 radical (unpaired) electrons. The second-order valence-corrected chi connectivity index (χ2v) is 8.42. The van der Waals surface area contributed by atoms with Gasteiger partial charge in [-0.1, -0.05) is 26.3 Å². The van der Waals surface area contributed by atoms with Crippen molar-refractivity contribution in [1.82, 2.24) is 0 Å². The van der Waals surface area contributed by atoms with Gasteiger partial charge in [0.05, 0.1) is 4.90 Å². The summed E-state index contributed by atoms with van der Waals surface area (Å²) in [6, 6.07) is 7.56. The first-order valence-electron chi connectivity index (χ1n) is 6.83. The topological polar surface area (TPSA) is 46.2 Å². The Kier molecular flexibility index (Phi) is 3.90. The molecule has 1 unspecified atom stereocenters. The van der Waals surface area contributed by atoms with Crippen LogP contribution in [0.25, 0.3) is 0 Å². The summed E-state index contributed by atoms with van der Waals surface area (Å²) in [5.74, 6) is 0. The van der Waals surface area contributed by atoms with Crippen LogP contribution in [0, 0.1) is 5.41 Å². The van der Waals surface area contributed by atoms with Gasteiger partial charge < -0.3 is 5.32 Å². The maximum atomic E-state index is 11.6. The Morgan fingerprint density at radius 1 is 1.32 bits per heavy atom. The second-order valence-electron chi connectivity index (χ2n) is 6.40. The van der Waals surface area contributed by atoms with E-state index in [2.05, 4.69) is 19.2 Å². The highest BCUT2D eigenvalue weighted by Crippen LogP contribution is 2.36. The summed E-state index contributed by atoms with van der Waals surface area (Å²) in [4.78, 5) is 0.382. The third-order valence-electron chi connectivity index (χ3n) is 3.84. The average molecular weight is 281 g/mol. The number of benzene rings is 1. The largest absolute Gasteiger partial charge is 0.382 e. The fourth-order valence-corrected chi connectivity index (χ4v) is 3.54. The maximum Gasteiger partial charge on any atom is 0.175 e. The lowest BCUT2D eigenvalue weighted by atomic mass is 9.75. The van der Waals surface area contributed by atoms with E-state index in [1.54, 1.807) is 18.2 Å². The van der Waals surface area contributed by atoms with Gasteiger partial charge in [0.1, 0.15) is 0 Å². The Balaban J connectivity index is 2.11. The van der Waals surface area contributed by atoms with Crippen LogP contribution in [0.4, 0.5) is 5.69 Å². The molecule has 19 heavy (non-hydrogen) atoms. The Bertz CT molecular complexity index is 549. The van der Waals surface area contributed by atoms with Gasteiger partial charge in [-0.3, -0.25) is 0 Å². The van der Waals surface area contributed by atoms with Crippen molar-refractivity contribution in [3.63, 3.8) is 0 Å². The van der Waals surface area contributed by atoms with Gasteiger partial charge in [-0.15, -0.1) is 0 Å². The van der Waals surface area contributed by atoms with E-state index >= 15 is 0 Å². The number of hydrogen-bond donors (Lipinski definition) is 1. The zero-order chi connectivity index (χ0) is 14.1. The first-order valence-corrected chi connectivity index (χ1v) is 8.72. The van der Waals surface area contributed by atoms with Gasteiger partial charge in [0.15, 0.2) is 9.84 Å². The highest BCUT2D eigenvalue weighted by molar-refractivity contribution is 7.90. The Labute approximate surface area is 116 Å². The van der Waals surface area contributed by atoms with Gasteiger partial charge in [0, 0.05) is 18.0 Å². The summed E-state index contributed by atoms with van der Waals surface area (Å²) in [7, 11) is -3.13. The summed E-state index contributed by atoms with van der Waals surface area (Å²) < 4.78 is 23.1. The molecule has 1 aliphatic rings. The lowest BCUT2D eigenvalue weighted by Crippen LogP contribution is -2.31. The molecule has 106 valence electrons. The van der Waals surface area contributed by atoms with E-state index in [-0.39, 0.29) is 0 Å². The van der Waals surface area contributed by atoms with E-state index in [1.807, 2.05) is 6.07 Å². The van der Waals surface area contributed by atoms with Crippen molar-refractivity contribution in [2.24, 2.45) is 5.41 Å². The zero-order valence-corrected chi connectivity index (χ0v) is 12.8. The molecule has 0 amide bonds. The molecule has 0 heterocycles. The Hall–Kier alpha value is -1.03. The summed E-state index contributed by atoms with van der Waals surface area (Å²) in [5, 5.41) is 3.48. The van der Waals surface area contributed by atoms with Crippen molar-refractivity contribution < 1.29 is 8.42 Å². The maximum absolute atomic E-state index is 11.6. The van der Waals surface area contributed by atoms with Crippen molar-refractivity contribution in [2.75, 3.05) is 11.6 Å². The standard InChI is InChI=1S/C15H23NO2S/c1-15(2)9-5-7-13(11-15)16-12-6-4-8-14(10-12)19(3,17)18/h4,6,8,10,13,16H,5,7,9,11H2,1-3H3. The lowest BCUT2D eigenvalue weighted by Gasteiger charge is -2.36. The summed E-state index contributed by atoms with van der Waals surface area (Å²) in [5.41, 5.74) is 1.29. The molecule has 1 N–H and O–H groups in total. The van der Waals surface area contributed by atoms with Crippen molar-refractivity contribution in [2.45, 2.75) is 50.5 Å². The van der Waals surface area contributed by atoms with Gasteiger partial charge in [-0.25, -0.2) is 8.42 Å². The van der Waals surface area contributed by atoms with Gasteiger partial charge in [-0.2, -0.15) is 0 Å². The van der Waals surface area contributed by atoms with E-state index in [1.165, 1.54) is 19.1 Å². The monoisotopic (exact) mass is 281 g/mol. The predicted octanol–water partition coefficient (Wildman–Crippen LogP) is 3.47. The molecule has 4 heteroatoms. The molecule has 1 aromatic rings. The third kappa shape index (κ3) is 3.96. The third-order valence-corrected chi connectivity index (χ3v) is 4.95. The molecule has 0 aromatic heterocycles. The van der Waals surface area contributed by atoms with Crippen molar-refractivity contribution >= 4 is 15.5 Å². The number of sulfone groups is 1. The Morgan fingerprint density at radius 3 is 2.68 bits per heavy atom. The van der Waals surface area contributed by atoms with Gasteiger partial charge in [-0.05, 0) is 42.9 Å². The number of rotatable bonds is 3. The van der Waals surface area contributed by atoms with Crippen LogP contribution in [0.1, 0.15) is 39.5 Å². The first-order chi connectivity index (χ1) is 8.76. The summed E-state index contributed by atoms with van der Waals surface area (Å²) in [6.07, 6.45) is 6.05. The van der Waals surface area contributed by atoms with Crippen LogP contribution in [0.3, 0.4) is 0 Å². The first kappa shape index (κ1) is 14.4. The van der Waals surface area contributed by atoms with E-state index in [0.29, 0.717) is 16.4 Å². The number of anilines is 1. The molecule has 0 saturated heterocycles. The minimum atomic E-state index is -3.13. The molecule has 0 bridgehead atoms. The van der Waals surface area contributed by atoms with E-state index in [9.17, 15) is 8.42 Å². The Morgan fingerprint density at radius 2 is 2.05 bits per heavy atom. The SMILES string of the molecule is CC1(C)CCCC(Nc2cccc(S(C)(=O)=O)c2)C1. The molecule has 0 spiro atoms. The molecule has 0 aliphatic heterocycles. The summed E-state index contributed by atoms with van der Waals surface area (Å²) >= 11 is 0. The minimum Gasteiger partial charge on any atom is -0.382 e. The normalized spacial score (nSPS) is 23.0. The average Bonchev–Trinajstić information content (AvgIpc) is 2.26. The van der Waals surface area contributed by atoms with Crippen molar-refractivity contribution in [3.05, 3.63) is 24.3 Å². The number of hydrogen-bond acceptors (Lipinski definition) is 3. The lowest BCUT2D eigenvalue weighted by molar-refractivity contribution is 0.229. The zero-order valence-electron chi connectivity index (χ0n) is 11.9. The van der Waals surface area contributed by atoms with Crippen LogP contribution >= 0.6 is 0 Å². The van der Waals surface area contributed by atoms with Crippen LogP contribution in [0.5, 0.6) is 0 Å². The molecule has 1 saturated carbocycles. The van der Waals surface area contributed by atoms with Crippen LogP contribution in [0.15, 0.2) is 29.2 Å². The molecular formula is C15H23NO2S. The fraction of sp³-hybridized carbons (Fsp3) is 0.600. The molecule has 2 rings (SSSR count). The second kappa shape index (κ2) is 5.16. The van der Waals surface area contributed by atoms with Crippen molar-refractivity contribution in [1.29, 1.82) is 0 Å². The molecule has 1 fully saturated rings. The van der Waals surface area contributed by atoms with Gasteiger partial charge in [0.25, 0.3) is 0 Å². The molecule has 1 aliphatic carbocycles. The summed E-state index contributed by atoms with van der Waals surface area (Å²) in [6.45, 7) is 4.60. The van der Waals surface area contributed by atoms with Crippen LogP contribution in [-0.2, 0) is 9.84 Å². The molecular weight excluding hydrogens is 258 g/mol. The molecule has 1 atom stereocenters. The van der Waals surface area contributed by atoms with E-state index in [4.69, 9.17) is 0 Å². The number of nitrogens with one attached hydrogen (secondary N) is 1. The smallest absolute Gasteiger partial charge is 0.175 e. The van der Waals surface area contributed by atoms with Gasteiger partial charge in [0.2, 0.25) is 0 Å².